The minimum absolute atomic E-state index is 0.0477. The number of thioether (sulfide) groups is 1. The molecule has 158 valence electrons. The molecule has 1 aliphatic rings. The maximum Gasteiger partial charge on any atom is 0.209 e. The van der Waals surface area contributed by atoms with Crippen LogP contribution in [0.5, 0.6) is 0 Å². The molecule has 0 radical (unpaired) electrons. The van der Waals surface area contributed by atoms with Gasteiger partial charge in [0.15, 0.2) is 5.78 Å². The highest BCUT2D eigenvalue weighted by Crippen LogP contribution is 2.32. The highest BCUT2D eigenvalue weighted by molar-refractivity contribution is 7.99. The number of aromatic amines is 1. The van der Waals surface area contributed by atoms with Crippen LogP contribution in [-0.2, 0) is 11.3 Å². The van der Waals surface area contributed by atoms with Gasteiger partial charge < -0.3 is 9.72 Å². The van der Waals surface area contributed by atoms with Crippen molar-refractivity contribution in [1.82, 2.24) is 25.2 Å². The first kappa shape index (κ1) is 19.9. The summed E-state index contributed by atoms with van der Waals surface area (Å²) in [4.78, 5) is 16.6. The Morgan fingerprint density at radius 2 is 2.06 bits per heavy atom. The van der Waals surface area contributed by atoms with Crippen LogP contribution >= 0.6 is 11.8 Å². The number of rotatable bonds is 7. The maximum atomic E-state index is 13.4. The van der Waals surface area contributed by atoms with E-state index in [1.807, 2.05) is 24.3 Å². The van der Waals surface area contributed by atoms with Crippen LogP contribution in [0.4, 0.5) is 4.39 Å². The average molecular weight is 438 g/mol. The number of ether oxygens (including phenoxy) is 1. The van der Waals surface area contributed by atoms with Crippen molar-refractivity contribution in [1.29, 1.82) is 0 Å². The zero-order valence-electron chi connectivity index (χ0n) is 16.6. The number of ketones is 1. The second-order valence-corrected chi connectivity index (χ2v) is 8.36. The molecule has 0 saturated carbocycles. The van der Waals surface area contributed by atoms with Crippen LogP contribution in [0.1, 0.15) is 23.2 Å². The number of hydrogen-bond donors (Lipinski definition) is 1. The lowest BCUT2D eigenvalue weighted by atomic mass is 10.0. The number of benzene rings is 2. The number of aromatic nitrogens is 5. The van der Waals surface area contributed by atoms with E-state index < -0.39 is 0 Å². The van der Waals surface area contributed by atoms with E-state index >= 15 is 0 Å². The SMILES string of the molecule is O=C(CSc1nnnn1CC1CCCO1)c1c(-c2ccc(F)cc2)[nH]c2ccccc12. The lowest BCUT2D eigenvalue weighted by Crippen LogP contribution is -2.17. The smallest absolute Gasteiger partial charge is 0.209 e. The molecule has 9 heteroatoms. The summed E-state index contributed by atoms with van der Waals surface area (Å²) in [7, 11) is 0. The van der Waals surface area contributed by atoms with E-state index in [2.05, 4.69) is 20.5 Å². The largest absolute Gasteiger partial charge is 0.376 e. The number of carbonyl (C=O) groups excluding carboxylic acids is 1. The monoisotopic (exact) mass is 437 g/mol. The third-order valence-corrected chi connectivity index (χ3v) is 6.31. The Morgan fingerprint density at radius 3 is 2.87 bits per heavy atom. The predicted molar refractivity (Wildman–Crippen MR) is 116 cm³/mol. The lowest BCUT2D eigenvalue weighted by Gasteiger charge is -2.10. The van der Waals surface area contributed by atoms with Gasteiger partial charge in [0, 0.05) is 17.5 Å². The summed E-state index contributed by atoms with van der Waals surface area (Å²) in [5.74, 6) is -0.183. The minimum Gasteiger partial charge on any atom is -0.376 e. The minimum atomic E-state index is -0.318. The Bertz CT molecular complexity index is 1210. The first-order valence-corrected chi connectivity index (χ1v) is 11.1. The molecule has 0 spiro atoms. The van der Waals surface area contributed by atoms with Crippen LogP contribution in [0.3, 0.4) is 0 Å². The molecule has 0 aliphatic carbocycles. The number of nitrogens with zero attached hydrogens (tertiary/aromatic N) is 4. The molecule has 7 nitrogen and oxygen atoms in total. The van der Waals surface area contributed by atoms with Crippen LogP contribution < -0.4 is 0 Å². The Balaban J connectivity index is 1.41. The number of H-pyrrole nitrogens is 1. The van der Waals surface area contributed by atoms with Crippen molar-refractivity contribution in [3.63, 3.8) is 0 Å². The molecule has 1 aliphatic heterocycles. The van der Waals surface area contributed by atoms with Crippen LogP contribution in [0.25, 0.3) is 22.2 Å². The molecule has 0 amide bonds. The van der Waals surface area contributed by atoms with Crippen molar-refractivity contribution in [2.75, 3.05) is 12.4 Å². The van der Waals surface area contributed by atoms with Gasteiger partial charge in [0.1, 0.15) is 5.82 Å². The normalized spacial score (nSPS) is 16.2. The average Bonchev–Trinajstić information content (AvgIpc) is 3.53. The van der Waals surface area contributed by atoms with Gasteiger partial charge in [-0.25, -0.2) is 9.07 Å². The predicted octanol–water partition coefficient (Wildman–Crippen LogP) is 4.11. The van der Waals surface area contributed by atoms with Crippen LogP contribution in [0, 0.1) is 5.82 Å². The van der Waals surface area contributed by atoms with Crippen LogP contribution in [0.15, 0.2) is 53.7 Å². The Kier molecular flexibility index (Phi) is 5.52. The molecule has 1 fully saturated rings. The number of halogens is 1. The third kappa shape index (κ3) is 4.11. The van der Waals surface area contributed by atoms with Crippen molar-refractivity contribution in [3.8, 4) is 11.3 Å². The van der Waals surface area contributed by atoms with Crippen molar-refractivity contribution in [2.24, 2.45) is 0 Å². The molecular formula is C22H20FN5O2S. The summed E-state index contributed by atoms with van der Waals surface area (Å²) in [6.45, 7) is 1.35. The van der Waals surface area contributed by atoms with Crippen molar-refractivity contribution in [2.45, 2.75) is 30.6 Å². The van der Waals surface area contributed by atoms with Gasteiger partial charge in [-0.15, -0.1) is 5.10 Å². The molecular weight excluding hydrogens is 417 g/mol. The Labute approximate surface area is 182 Å². The third-order valence-electron chi connectivity index (χ3n) is 5.35. The maximum absolute atomic E-state index is 13.4. The van der Waals surface area contributed by atoms with Crippen molar-refractivity contribution >= 4 is 28.4 Å². The Morgan fingerprint density at radius 1 is 1.23 bits per heavy atom. The summed E-state index contributed by atoms with van der Waals surface area (Å²) < 4.78 is 20.8. The summed E-state index contributed by atoms with van der Waals surface area (Å²) in [6.07, 6.45) is 2.14. The standard InChI is InChI=1S/C22H20FN5O2S/c23-15-9-7-14(8-10-15)21-20(17-5-1-2-6-18(17)24-21)19(29)13-31-22-25-26-27-28(22)12-16-4-3-11-30-16/h1-2,5-10,16,24H,3-4,11-13H2. The molecule has 31 heavy (non-hydrogen) atoms. The molecule has 2 aromatic carbocycles. The summed E-state index contributed by atoms with van der Waals surface area (Å²) in [5, 5.41) is 13.3. The van der Waals surface area contributed by atoms with Gasteiger partial charge in [-0.2, -0.15) is 0 Å². The zero-order valence-corrected chi connectivity index (χ0v) is 17.4. The van der Waals surface area contributed by atoms with Gasteiger partial charge in [-0.1, -0.05) is 30.0 Å². The number of nitrogens with one attached hydrogen (secondary N) is 1. The number of hydrogen-bond acceptors (Lipinski definition) is 6. The molecule has 4 aromatic rings. The molecule has 5 rings (SSSR count). The molecule has 3 heterocycles. The lowest BCUT2D eigenvalue weighted by molar-refractivity contribution is 0.0912. The van der Waals surface area contributed by atoms with E-state index in [4.69, 9.17) is 4.74 Å². The number of carbonyl (C=O) groups is 1. The fraction of sp³-hybridized carbons (Fsp3) is 0.273. The van der Waals surface area contributed by atoms with Crippen LogP contribution in [0.2, 0.25) is 0 Å². The Hall–Kier alpha value is -3.04. The summed E-state index contributed by atoms with van der Waals surface area (Å²) >= 11 is 1.31. The van der Waals surface area contributed by atoms with Gasteiger partial charge >= 0.3 is 0 Å². The molecule has 2 aromatic heterocycles. The fourth-order valence-electron chi connectivity index (χ4n) is 3.86. The number of tetrazole rings is 1. The van der Waals surface area contributed by atoms with Crippen molar-refractivity contribution in [3.05, 3.63) is 59.9 Å². The van der Waals surface area contributed by atoms with Gasteiger partial charge in [-0.3, -0.25) is 4.79 Å². The van der Waals surface area contributed by atoms with E-state index in [0.29, 0.717) is 23.0 Å². The molecule has 1 saturated heterocycles. The molecule has 0 bridgehead atoms. The number of para-hydroxylation sites is 1. The van der Waals surface area contributed by atoms with Gasteiger partial charge in [0.25, 0.3) is 0 Å². The van der Waals surface area contributed by atoms with Gasteiger partial charge in [0.2, 0.25) is 5.16 Å². The molecule has 1 unspecified atom stereocenters. The number of fused-ring (bicyclic) bond motifs is 1. The van der Waals surface area contributed by atoms with E-state index in [-0.39, 0.29) is 23.5 Å². The highest BCUT2D eigenvalue weighted by Gasteiger charge is 2.22. The second kappa shape index (κ2) is 8.60. The van der Waals surface area contributed by atoms with Crippen molar-refractivity contribution < 1.29 is 13.9 Å². The molecule has 1 N–H and O–H groups in total. The quantitative estimate of drug-likeness (QED) is 0.346. The van der Waals surface area contributed by atoms with E-state index in [1.54, 1.807) is 16.8 Å². The molecule has 1 atom stereocenters. The summed E-state index contributed by atoms with van der Waals surface area (Å²) in [5.41, 5.74) is 2.89. The first-order valence-electron chi connectivity index (χ1n) is 10.1. The fourth-order valence-corrected chi connectivity index (χ4v) is 4.62. The second-order valence-electron chi connectivity index (χ2n) is 7.42. The summed E-state index contributed by atoms with van der Waals surface area (Å²) in [6, 6.07) is 13.8. The van der Waals surface area contributed by atoms with E-state index in [9.17, 15) is 9.18 Å². The van der Waals surface area contributed by atoms with E-state index in [1.165, 1.54) is 23.9 Å². The van der Waals surface area contributed by atoms with Gasteiger partial charge in [-0.05, 0) is 59.2 Å². The highest BCUT2D eigenvalue weighted by atomic mass is 32.2. The van der Waals surface area contributed by atoms with Gasteiger partial charge in [0.05, 0.1) is 29.7 Å². The first-order chi connectivity index (χ1) is 15.2. The number of Topliss-reactive ketones (excluding diaryl/α,β-unsaturated/α-hetero) is 1. The topological polar surface area (TPSA) is 85.7 Å². The zero-order chi connectivity index (χ0) is 21.2. The van der Waals surface area contributed by atoms with E-state index in [0.717, 1.165) is 35.9 Å². The van der Waals surface area contributed by atoms with Crippen LogP contribution in [-0.4, -0.2) is 49.4 Å².